The molecule has 0 bridgehead atoms. The molecule has 3 nitrogen and oxygen atoms in total. The number of anilines is 1. The highest BCUT2D eigenvalue weighted by Gasteiger charge is 2.21. The van der Waals surface area contributed by atoms with Crippen LogP contribution in [0.25, 0.3) is 6.08 Å². The second-order valence-corrected chi connectivity index (χ2v) is 6.92. The Bertz CT molecular complexity index is 733. The highest BCUT2D eigenvalue weighted by atomic mass is 79.9. The van der Waals surface area contributed by atoms with Crippen molar-refractivity contribution in [1.29, 1.82) is 0 Å². The molecule has 0 atom stereocenters. The smallest absolute Gasteiger partial charge is 0.227 e. The van der Waals surface area contributed by atoms with Gasteiger partial charge in [-0.25, -0.2) is 0 Å². The summed E-state index contributed by atoms with van der Waals surface area (Å²) in [4.78, 5) is 26.6. The SMILES string of the molecule is O=C(C=Cc1cc(Br)cs1)c1ccc(N2CCCC2=O)cc1. The number of halogens is 1. The second-order valence-electron chi connectivity index (χ2n) is 5.06. The fourth-order valence-corrected chi connectivity index (χ4v) is 3.73. The first-order chi connectivity index (χ1) is 10.6. The first-order valence-corrected chi connectivity index (χ1v) is 8.67. The summed E-state index contributed by atoms with van der Waals surface area (Å²) < 4.78 is 1.02. The number of rotatable bonds is 4. The molecular weight excluding hydrogens is 362 g/mol. The summed E-state index contributed by atoms with van der Waals surface area (Å²) >= 11 is 4.96. The largest absolute Gasteiger partial charge is 0.312 e. The van der Waals surface area contributed by atoms with E-state index in [-0.39, 0.29) is 11.7 Å². The Morgan fingerprint density at radius 3 is 2.64 bits per heavy atom. The monoisotopic (exact) mass is 375 g/mol. The summed E-state index contributed by atoms with van der Waals surface area (Å²) in [5.74, 6) is 0.117. The van der Waals surface area contributed by atoms with Gasteiger partial charge in [0.15, 0.2) is 5.78 Å². The van der Waals surface area contributed by atoms with E-state index in [0.717, 1.165) is 28.0 Å². The van der Waals surface area contributed by atoms with Gasteiger partial charge in [0.05, 0.1) is 0 Å². The van der Waals surface area contributed by atoms with Crippen LogP contribution >= 0.6 is 27.3 Å². The Morgan fingerprint density at radius 1 is 1.27 bits per heavy atom. The maximum absolute atomic E-state index is 12.1. The maximum atomic E-state index is 12.1. The number of benzene rings is 1. The number of ketones is 1. The zero-order valence-electron chi connectivity index (χ0n) is 11.8. The van der Waals surface area contributed by atoms with Crippen LogP contribution < -0.4 is 4.90 Å². The Balaban J connectivity index is 1.71. The molecular formula is C17H14BrNO2S. The summed E-state index contributed by atoms with van der Waals surface area (Å²) in [6.07, 6.45) is 4.91. The van der Waals surface area contributed by atoms with E-state index < -0.39 is 0 Å². The van der Waals surface area contributed by atoms with Gasteiger partial charge < -0.3 is 4.90 Å². The lowest BCUT2D eigenvalue weighted by molar-refractivity contribution is -0.117. The normalized spacial score (nSPS) is 15.0. The van der Waals surface area contributed by atoms with Crippen LogP contribution in [0.4, 0.5) is 5.69 Å². The van der Waals surface area contributed by atoms with Crippen LogP contribution in [0.15, 0.2) is 46.3 Å². The van der Waals surface area contributed by atoms with Crippen molar-refractivity contribution in [2.75, 3.05) is 11.4 Å². The summed E-state index contributed by atoms with van der Waals surface area (Å²) in [7, 11) is 0. The molecule has 0 aliphatic carbocycles. The minimum absolute atomic E-state index is 0.0381. The molecule has 3 rings (SSSR count). The van der Waals surface area contributed by atoms with E-state index in [1.165, 1.54) is 0 Å². The Kier molecular flexibility index (Phi) is 4.55. The lowest BCUT2D eigenvalue weighted by Crippen LogP contribution is -2.23. The molecule has 1 saturated heterocycles. The van der Waals surface area contributed by atoms with Crippen molar-refractivity contribution in [3.63, 3.8) is 0 Å². The first kappa shape index (κ1) is 15.2. The molecule has 5 heteroatoms. The van der Waals surface area contributed by atoms with Gasteiger partial charge in [0.2, 0.25) is 5.91 Å². The number of carbonyl (C=O) groups is 2. The first-order valence-electron chi connectivity index (χ1n) is 7.00. The molecule has 2 aromatic rings. The van der Waals surface area contributed by atoms with Gasteiger partial charge in [-0.3, -0.25) is 9.59 Å². The Labute approximate surface area is 141 Å². The number of allylic oxidation sites excluding steroid dienone is 1. The molecule has 22 heavy (non-hydrogen) atoms. The van der Waals surface area contributed by atoms with Crippen LogP contribution in [0.3, 0.4) is 0 Å². The molecule has 1 aliphatic heterocycles. The van der Waals surface area contributed by atoms with Crippen molar-refractivity contribution < 1.29 is 9.59 Å². The van der Waals surface area contributed by atoms with Crippen molar-refractivity contribution in [2.24, 2.45) is 0 Å². The molecule has 0 radical (unpaired) electrons. The second kappa shape index (κ2) is 6.58. The molecule has 2 heterocycles. The molecule has 1 aromatic carbocycles. The fraction of sp³-hybridized carbons (Fsp3) is 0.176. The van der Waals surface area contributed by atoms with Gasteiger partial charge in [0.25, 0.3) is 0 Å². The fourth-order valence-electron chi connectivity index (χ4n) is 2.40. The quantitative estimate of drug-likeness (QED) is 0.581. The van der Waals surface area contributed by atoms with E-state index in [2.05, 4.69) is 15.9 Å². The third-order valence-electron chi connectivity index (χ3n) is 3.52. The third kappa shape index (κ3) is 3.36. The van der Waals surface area contributed by atoms with Crippen LogP contribution in [-0.2, 0) is 4.79 Å². The van der Waals surface area contributed by atoms with Crippen LogP contribution in [0, 0.1) is 0 Å². The van der Waals surface area contributed by atoms with Crippen molar-refractivity contribution >= 4 is 50.7 Å². The van der Waals surface area contributed by atoms with E-state index >= 15 is 0 Å². The molecule has 1 amide bonds. The van der Waals surface area contributed by atoms with Crippen LogP contribution in [0.1, 0.15) is 28.1 Å². The summed E-state index contributed by atoms with van der Waals surface area (Å²) in [6, 6.07) is 9.20. The highest BCUT2D eigenvalue weighted by molar-refractivity contribution is 9.10. The molecule has 0 spiro atoms. The van der Waals surface area contributed by atoms with Gasteiger partial charge in [-0.2, -0.15) is 0 Å². The maximum Gasteiger partial charge on any atom is 0.227 e. The molecule has 1 aliphatic rings. The van der Waals surface area contributed by atoms with Crippen molar-refractivity contribution in [1.82, 2.24) is 0 Å². The Morgan fingerprint density at radius 2 is 2.05 bits per heavy atom. The molecule has 0 N–H and O–H groups in total. The van der Waals surface area contributed by atoms with E-state index in [1.807, 2.05) is 29.7 Å². The number of nitrogens with zero attached hydrogens (tertiary/aromatic N) is 1. The highest BCUT2D eigenvalue weighted by Crippen LogP contribution is 2.23. The molecule has 1 aromatic heterocycles. The predicted molar refractivity (Wildman–Crippen MR) is 93.4 cm³/mol. The number of amides is 1. The third-order valence-corrected chi connectivity index (χ3v) is 5.18. The lowest BCUT2D eigenvalue weighted by atomic mass is 10.1. The van der Waals surface area contributed by atoms with E-state index in [9.17, 15) is 9.59 Å². The zero-order chi connectivity index (χ0) is 15.5. The van der Waals surface area contributed by atoms with Crippen LogP contribution in [0.5, 0.6) is 0 Å². The average molecular weight is 376 g/mol. The molecule has 0 unspecified atom stereocenters. The average Bonchev–Trinajstić information content (AvgIpc) is 3.13. The van der Waals surface area contributed by atoms with Gasteiger partial charge in [-0.05, 0) is 64.8 Å². The zero-order valence-corrected chi connectivity index (χ0v) is 14.2. The number of hydrogen-bond donors (Lipinski definition) is 0. The number of carbonyl (C=O) groups excluding carboxylic acids is 2. The predicted octanol–water partition coefficient (Wildman–Crippen LogP) is 4.53. The van der Waals surface area contributed by atoms with E-state index in [4.69, 9.17) is 0 Å². The standard InChI is InChI=1S/C17H14BrNO2S/c18-13-10-15(22-11-13)7-8-16(20)12-3-5-14(6-4-12)19-9-1-2-17(19)21/h3-8,10-11H,1-2,9H2. The summed E-state index contributed by atoms with van der Waals surface area (Å²) in [5, 5.41) is 1.98. The molecule has 112 valence electrons. The van der Waals surface area contributed by atoms with Crippen molar-refractivity contribution in [3.8, 4) is 0 Å². The van der Waals surface area contributed by atoms with Gasteiger partial charge in [-0.15, -0.1) is 11.3 Å². The summed E-state index contributed by atoms with van der Waals surface area (Å²) in [6.45, 7) is 0.763. The van der Waals surface area contributed by atoms with Crippen LogP contribution in [0.2, 0.25) is 0 Å². The van der Waals surface area contributed by atoms with Gasteiger partial charge >= 0.3 is 0 Å². The van der Waals surface area contributed by atoms with Gasteiger partial charge in [-0.1, -0.05) is 0 Å². The summed E-state index contributed by atoms with van der Waals surface area (Å²) in [5.41, 5.74) is 1.49. The molecule has 0 saturated carbocycles. The minimum Gasteiger partial charge on any atom is -0.312 e. The van der Waals surface area contributed by atoms with Crippen molar-refractivity contribution in [2.45, 2.75) is 12.8 Å². The Hall–Kier alpha value is -1.72. The van der Waals surface area contributed by atoms with Crippen LogP contribution in [-0.4, -0.2) is 18.2 Å². The number of hydrogen-bond acceptors (Lipinski definition) is 3. The van der Waals surface area contributed by atoms with Crippen molar-refractivity contribution in [3.05, 3.63) is 56.7 Å². The van der Waals surface area contributed by atoms with E-state index in [0.29, 0.717) is 12.0 Å². The van der Waals surface area contributed by atoms with Gasteiger partial charge in [0.1, 0.15) is 0 Å². The van der Waals surface area contributed by atoms with E-state index in [1.54, 1.807) is 34.4 Å². The van der Waals surface area contributed by atoms with Gasteiger partial charge in [0, 0.05) is 38.9 Å². The lowest BCUT2D eigenvalue weighted by Gasteiger charge is -2.15. The molecule has 1 fully saturated rings. The topological polar surface area (TPSA) is 37.4 Å². The minimum atomic E-state index is -0.0381. The number of thiophene rings is 1.